The molecule has 60 valence electrons. The molecular formula is C9H13NO. The molecule has 1 aliphatic rings. The normalized spacial score (nSPS) is 17.5. The lowest BCUT2D eigenvalue weighted by Gasteiger charge is -2.20. The summed E-state index contributed by atoms with van der Waals surface area (Å²) in [5.41, 5.74) is 2.22. The van der Waals surface area contributed by atoms with Crippen molar-refractivity contribution in [1.82, 2.24) is 4.90 Å². The van der Waals surface area contributed by atoms with Gasteiger partial charge < -0.3 is 4.90 Å². The SMILES string of the molecule is CC1=CC(=O)CC=C1N(C)C. The van der Waals surface area contributed by atoms with Gasteiger partial charge in [-0.3, -0.25) is 4.79 Å². The molecule has 0 N–H and O–H groups in total. The number of hydrogen-bond acceptors (Lipinski definition) is 2. The molecule has 0 fully saturated rings. The molecule has 0 atom stereocenters. The Morgan fingerprint density at radius 1 is 1.45 bits per heavy atom. The highest BCUT2D eigenvalue weighted by Crippen LogP contribution is 2.17. The largest absolute Gasteiger partial charge is 0.378 e. The summed E-state index contributed by atoms with van der Waals surface area (Å²) in [5, 5.41) is 0. The van der Waals surface area contributed by atoms with Crippen molar-refractivity contribution in [3.05, 3.63) is 23.4 Å². The average molecular weight is 151 g/mol. The fraction of sp³-hybridized carbons (Fsp3) is 0.444. The molecule has 1 rings (SSSR count). The van der Waals surface area contributed by atoms with Crippen LogP contribution in [0.15, 0.2) is 23.4 Å². The van der Waals surface area contributed by atoms with Gasteiger partial charge in [0, 0.05) is 26.2 Å². The van der Waals surface area contributed by atoms with Crippen LogP contribution in [0.1, 0.15) is 13.3 Å². The Labute approximate surface area is 67.2 Å². The number of likely N-dealkylation sites (N-methyl/N-ethyl adjacent to an activating group) is 1. The quantitative estimate of drug-likeness (QED) is 0.564. The number of ketones is 1. The van der Waals surface area contributed by atoms with Crippen LogP contribution in [0.5, 0.6) is 0 Å². The van der Waals surface area contributed by atoms with Crippen molar-refractivity contribution in [3.8, 4) is 0 Å². The molecule has 0 aromatic rings. The van der Waals surface area contributed by atoms with Crippen molar-refractivity contribution < 1.29 is 4.79 Å². The minimum Gasteiger partial charge on any atom is -0.378 e. The molecule has 0 bridgehead atoms. The zero-order chi connectivity index (χ0) is 8.43. The van der Waals surface area contributed by atoms with Gasteiger partial charge in [0.05, 0.1) is 0 Å². The van der Waals surface area contributed by atoms with Gasteiger partial charge in [-0.05, 0) is 18.6 Å². The molecule has 2 nitrogen and oxygen atoms in total. The van der Waals surface area contributed by atoms with Crippen molar-refractivity contribution in [2.45, 2.75) is 13.3 Å². The number of rotatable bonds is 1. The van der Waals surface area contributed by atoms with E-state index < -0.39 is 0 Å². The third-order valence-corrected chi connectivity index (χ3v) is 1.76. The number of nitrogens with zero attached hydrogens (tertiary/aromatic N) is 1. The smallest absolute Gasteiger partial charge is 0.159 e. The van der Waals surface area contributed by atoms with E-state index in [2.05, 4.69) is 0 Å². The van der Waals surface area contributed by atoms with Gasteiger partial charge in [0.1, 0.15) is 0 Å². The molecule has 0 aromatic heterocycles. The van der Waals surface area contributed by atoms with E-state index in [1.54, 1.807) is 6.08 Å². The van der Waals surface area contributed by atoms with Crippen molar-refractivity contribution in [2.24, 2.45) is 0 Å². The first kappa shape index (κ1) is 8.05. The summed E-state index contributed by atoms with van der Waals surface area (Å²) in [4.78, 5) is 12.9. The molecule has 0 amide bonds. The van der Waals surface area contributed by atoms with Crippen LogP contribution in [0.25, 0.3) is 0 Å². The van der Waals surface area contributed by atoms with Crippen molar-refractivity contribution >= 4 is 5.78 Å². The minimum absolute atomic E-state index is 0.202. The Morgan fingerprint density at radius 2 is 2.09 bits per heavy atom. The fourth-order valence-corrected chi connectivity index (χ4v) is 1.27. The Kier molecular flexibility index (Phi) is 2.13. The highest BCUT2D eigenvalue weighted by Gasteiger charge is 2.09. The summed E-state index contributed by atoms with van der Waals surface area (Å²) in [6.45, 7) is 1.96. The van der Waals surface area contributed by atoms with Crippen LogP contribution >= 0.6 is 0 Å². The van der Waals surface area contributed by atoms with Crippen molar-refractivity contribution in [1.29, 1.82) is 0 Å². The van der Waals surface area contributed by atoms with Crippen LogP contribution in [0.4, 0.5) is 0 Å². The van der Waals surface area contributed by atoms with Crippen LogP contribution in [-0.2, 0) is 4.79 Å². The summed E-state index contributed by atoms with van der Waals surface area (Å²) in [5.74, 6) is 0.202. The van der Waals surface area contributed by atoms with Gasteiger partial charge in [-0.25, -0.2) is 0 Å². The third kappa shape index (κ3) is 1.70. The standard InChI is InChI=1S/C9H13NO/c1-7-6-8(11)4-5-9(7)10(2)3/h5-6H,4H2,1-3H3. The number of hydrogen-bond donors (Lipinski definition) is 0. The van der Waals surface area contributed by atoms with E-state index in [-0.39, 0.29) is 5.78 Å². The first-order chi connectivity index (χ1) is 5.11. The second-order valence-corrected chi connectivity index (χ2v) is 2.98. The van der Waals surface area contributed by atoms with E-state index >= 15 is 0 Å². The molecule has 0 saturated heterocycles. The molecule has 0 aromatic carbocycles. The van der Waals surface area contributed by atoms with Gasteiger partial charge in [0.15, 0.2) is 5.78 Å². The molecule has 0 aliphatic heterocycles. The first-order valence-corrected chi connectivity index (χ1v) is 3.70. The maximum atomic E-state index is 10.9. The topological polar surface area (TPSA) is 20.3 Å². The lowest BCUT2D eigenvalue weighted by molar-refractivity contribution is -0.114. The van der Waals surface area contributed by atoms with E-state index in [1.165, 1.54) is 0 Å². The maximum absolute atomic E-state index is 10.9. The maximum Gasteiger partial charge on any atom is 0.159 e. The average Bonchev–Trinajstić information content (AvgIpc) is 1.85. The Hall–Kier alpha value is -1.05. The van der Waals surface area contributed by atoms with Crippen molar-refractivity contribution in [3.63, 3.8) is 0 Å². The van der Waals surface area contributed by atoms with E-state index in [1.807, 2.05) is 32.0 Å². The monoisotopic (exact) mass is 151 g/mol. The number of allylic oxidation sites excluding steroid dienone is 3. The second kappa shape index (κ2) is 2.91. The van der Waals surface area contributed by atoms with Crippen LogP contribution < -0.4 is 0 Å². The van der Waals surface area contributed by atoms with Crippen LogP contribution in [0, 0.1) is 0 Å². The number of carbonyl (C=O) groups is 1. The Morgan fingerprint density at radius 3 is 2.55 bits per heavy atom. The van der Waals surface area contributed by atoms with E-state index in [4.69, 9.17) is 0 Å². The van der Waals surface area contributed by atoms with E-state index in [9.17, 15) is 4.79 Å². The second-order valence-electron chi connectivity index (χ2n) is 2.98. The molecule has 0 spiro atoms. The number of carbonyl (C=O) groups excluding carboxylic acids is 1. The molecule has 0 radical (unpaired) electrons. The van der Waals surface area contributed by atoms with Crippen molar-refractivity contribution in [2.75, 3.05) is 14.1 Å². The van der Waals surface area contributed by atoms with E-state index in [0.717, 1.165) is 11.3 Å². The lowest BCUT2D eigenvalue weighted by atomic mass is 10.0. The first-order valence-electron chi connectivity index (χ1n) is 3.70. The van der Waals surface area contributed by atoms with Crippen LogP contribution in [0.2, 0.25) is 0 Å². The minimum atomic E-state index is 0.202. The molecule has 11 heavy (non-hydrogen) atoms. The molecule has 0 heterocycles. The Balaban J connectivity index is 2.85. The molecule has 0 unspecified atom stereocenters. The van der Waals surface area contributed by atoms with Gasteiger partial charge in [-0.15, -0.1) is 0 Å². The lowest BCUT2D eigenvalue weighted by Crippen LogP contribution is -2.15. The van der Waals surface area contributed by atoms with Gasteiger partial charge in [-0.1, -0.05) is 6.08 Å². The zero-order valence-corrected chi connectivity index (χ0v) is 7.22. The van der Waals surface area contributed by atoms with Gasteiger partial charge >= 0.3 is 0 Å². The highest BCUT2D eigenvalue weighted by atomic mass is 16.1. The van der Waals surface area contributed by atoms with Crippen LogP contribution in [0.3, 0.4) is 0 Å². The fourth-order valence-electron chi connectivity index (χ4n) is 1.27. The summed E-state index contributed by atoms with van der Waals surface area (Å²) in [6, 6.07) is 0. The highest BCUT2D eigenvalue weighted by molar-refractivity contribution is 5.93. The summed E-state index contributed by atoms with van der Waals surface area (Å²) in [7, 11) is 3.97. The molecule has 2 heteroatoms. The van der Waals surface area contributed by atoms with Crippen LogP contribution in [-0.4, -0.2) is 24.8 Å². The molecule has 0 saturated carbocycles. The van der Waals surface area contributed by atoms with E-state index in [0.29, 0.717) is 6.42 Å². The summed E-state index contributed by atoms with van der Waals surface area (Å²) in [6.07, 6.45) is 4.22. The Bertz CT molecular complexity index is 236. The summed E-state index contributed by atoms with van der Waals surface area (Å²) < 4.78 is 0. The van der Waals surface area contributed by atoms with Gasteiger partial charge in [0.25, 0.3) is 0 Å². The molecule has 1 aliphatic carbocycles. The predicted molar refractivity (Wildman–Crippen MR) is 45.2 cm³/mol. The summed E-state index contributed by atoms with van der Waals surface area (Å²) >= 11 is 0. The van der Waals surface area contributed by atoms with Gasteiger partial charge in [-0.2, -0.15) is 0 Å². The zero-order valence-electron chi connectivity index (χ0n) is 7.22. The molecular weight excluding hydrogens is 138 g/mol. The van der Waals surface area contributed by atoms with Gasteiger partial charge in [0.2, 0.25) is 0 Å². The third-order valence-electron chi connectivity index (χ3n) is 1.76. The predicted octanol–water partition coefficient (Wildman–Crippen LogP) is 1.35.